The second kappa shape index (κ2) is 4.79. The van der Waals surface area contributed by atoms with Crippen LogP contribution >= 0.6 is 0 Å². The third kappa shape index (κ3) is 3.25. The van der Waals surface area contributed by atoms with Crippen LogP contribution in [-0.4, -0.2) is 12.1 Å². The molecule has 0 aliphatic heterocycles. The summed E-state index contributed by atoms with van der Waals surface area (Å²) in [5.41, 5.74) is -1.39. The van der Waals surface area contributed by atoms with Crippen LogP contribution in [0.25, 0.3) is 0 Å². The molecule has 1 nitrogen and oxygen atoms in total. The van der Waals surface area contributed by atoms with Gasteiger partial charge in [0, 0.05) is 0 Å². The van der Waals surface area contributed by atoms with Crippen LogP contribution in [0, 0.1) is 5.82 Å². The molecule has 13 heavy (non-hydrogen) atoms. The number of hydrogen-bond acceptors (Lipinski definition) is 1. The Balaban J connectivity index is 0.00000144. The first kappa shape index (κ1) is 13.4. The molecule has 0 fully saturated rings. The fraction of sp³-hybridized carbons (Fsp3) is 0. The molecular formula is C6H4BF4KO. The molecule has 0 aromatic heterocycles. The Kier molecular flexibility index (Phi) is 4.95. The van der Waals surface area contributed by atoms with Crippen molar-refractivity contribution in [3.05, 3.63) is 24.0 Å². The van der Waals surface area contributed by atoms with Crippen LogP contribution in [0.3, 0.4) is 0 Å². The molecule has 0 spiro atoms. The van der Waals surface area contributed by atoms with Crippen molar-refractivity contribution in [2.24, 2.45) is 0 Å². The van der Waals surface area contributed by atoms with Gasteiger partial charge >= 0.3 is 58.4 Å². The molecule has 0 bridgehead atoms. The molecule has 0 heterocycles. The number of hydrogen-bond donors (Lipinski definition) is 1. The van der Waals surface area contributed by atoms with E-state index in [1.54, 1.807) is 0 Å². The van der Waals surface area contributed by atoms with Crippen molar-refractivity contribution in [1.82, 2.24) is 0 Å². The van der Waals surface area contributed by atoms with Crippen molar-refractivity contribution in [2.45, 2.75) is 0 Å². The molecule has 66 valence electrons. The van der Waals surface area contributed by atoms with E-state index in [-0.39, 0.29) is 51.4 Å². The predicted molar refractivity (Wildman–Crippen MR) is 36.8 cm³/mol. The molecule has 1 rings (SSSR count). The maximum Gasteiger partial charge on any atom is 1.00 e. The zero-order valence-corrected chi connectivity index (χ0v) is 9.89. The molecule has 0 saturated carbocycles. The SMILES string of the molecule is Oc1cccc([B-](F)(F)F)c1F.[K+]. The molecule has 0 unspecified atom stereocenters. The van der Waals surface area contributed by atoms with Crippen molar-refractivity contribution in [3.63, 3.8) is 0 Å². The molecule has 0 atom stereocenters. The van der Waals surface area contributed by atoms with Crippen LogP contribution in [0.2, 0.25) is 0 Å². The summed E-state index contributed by atoms with van der Waals surface area (Å²) in [5.74, 6) is -2.59. The van der Waals surface area contributed by atoms with Gasteiger partial charge in [-0.05, 0) is 6.07 Å². The Morgan fingerprint density at radius 3 is 2.08 bits per heavy atom. The number of halogens is 4. The van der Waals surface area contributed by atoms with Gasteiger partial charge in [-0.15, -0.1) is 0 Å². The fourth-order valence-electron chi connectivity index (χ4n) is 0.790. The summed E-state index contributed by atoms with van der Waals surface area (Å²) in [6, 6.07) is 2.40. The van der Waals surface area contributed by atoms with Gasteiger partial charge in [-0.25, -0.2) is 4.39 Å². The summed E-state index contributed by atoms with van der Waals surface area (Å²) in [6.45, 7) is -5.38. The van der Waals surface area contributed by atoms with Crippen LogP contribution < -0.4 is 56.8 Å². The van der Waals surface area contributed by atoms with Gasteiger partial charge in [-0.2, -0.15) is 0 Å². The van der Waals surface area contributed by atoms with E-state index >= 15 is 0 Å². The van der Waals surface area contributed by atoms with E-state index in [0.29, 0.717) is 6.07 Å². The van der Waals surface area contributed by atoms with Crippen molar-refractivity contribution in [3.8, 4) is 5.75 Å². The van der Waals surface area contributed by atoms with E-state index < -0.39 is 24.0 Å². The molecule has 1 aromatic rings. The second-order valence-corrected chi connectivity index (χ2v) is 2.26. The summed E-state index contributed by atoms with van der Waals surface area (Å²) in [4.78, 5) is 0. The van der Waals surface area contributed by atoms with E-state index in [4.69, 9.17) is 5.11 Å². The number of phenolic OH excluding ortho intramolecular Hbond substituents is 1. The largest absolute Gasteiger partial charge is 1.00 e. The normalized spacial score (nSPS) is 10.8. The molecule has 0 aliphatic carbocycles. The summed E-state index contributed by atoms with van der Waals surface area (Å²) < 4.78 is 48.4. The third-order valence-corrected chi connectivity index (χ3v) is 1.36. The van der Waals surface area contributed by atoms with E-state index in [2.05, 4.69) is 0 Å². The molecule has 0 aliphatic rings. The van der Waals surface area contributed by atoms with E-state index in [9.17, 15) is 17.3 Å². The van der Waals surface area contributed by atoms with E-state index in [1.807, 2.05) is 0 Å². The molecule has 7 heteroatoms. The van der Waals surface area contributed by atoms with Gasteiger partial charge in [0.2, 0.25) is 0 Å². The first-order valence-corrected chi connectivity index (χ1v) is 3.10. The average Bonchev–Trinajstić information content (AvgIpc) is 1.92. The monoisotopic (exact) mass is 218 g/mol. The van der Waals surface area contributed by atoms with Gasteiger partial charge in [0.15, 0.2) is 0 Å². The van der Waals surface area contributed by atoms with Gasteiger partial charge < -0.3 is 18.1 Å². The van der Waals surface area contributed by atoms with Crippen LogP contribution in [0.5, 0.6) is 5.75 Å². The quantitative estimate of drug-likeness (QED) is 0.453. The third-order valence-electron chi connectivity index (χ3n) is 1.36. The second-order valence-electron chi connectivity index (χ2n) is 2.26. The minimum absolute atomic E-state index is 0. The van der Waals surface area contributed by atoms with Crippen LogP contribution in [0.15, 0.2) is 18.2 Å². The first-order chi connectivity index (χ1) is 5.43. The Morgan fingerprint density at radius 2 is 1.69 bits per heavy atom. The minimum atomic E-state index is -5.38. The fourth-order valence-corrected chi connectivity index (χ4v) is 0.790. The topological polar surface area (TPSA) is 20.2 Å². The standard InChI is InChI=1S/C6H4BF4O.K/c8-6-4(7(9,10)11)2-1-3-5(6)12;/h1-3,12H;/q-1;+1. The zero-order chi connectivity index (χ0) is 9.35. The summed E-state index contributed by atoms with van der Waals surface area (Å²) in [7, 11) is 0. The van der Waals surface area contributed by atoms with E-state index in [1.165, 1.54) is 0 Å². The van der Waals surface area contributed by atoms with Crippen molar-refractivity contribution < 1.29 is 73.8 Å². The van der Waals surface area contributed by atoms with Gasteiger partial charge in [-0.3, -0.25) is 0 Å². The number of rotatable bonds is 1. The Hall–Kier alpha value is 0.441. The van der Waals surface area contributed by atoms with Crippen molar-refractivity contribution >= 4 is 12.4 Å². The molecule has 0 amide bonds. The molecule has 1 aromatic carbocycles. The molecular weight excluding hydrogens is 214 g/mol. The Morgan fingerprint density at radius 1 is 1.15 bits per heavy atom. The summed E-state index contributed by atoms with van der Waals surface area (Å²) in [6.07, 6.45) is 0. The maximum atomic E-state index is 12.5. The molecule has 0 radical (unpaired) electrons. The summed E-state index contributed by atoms with van der Waals surface area (Å²) in [5, 5.41) is 8.60. The molecule has 0 saturated heterocycles. The van der Waals surface area contributed by atoms with Crippen LogP contribution in [0.1, 0.15) is 0 Å². The maximum absolute atomic E-state index is 12.5. The number of benzene rings is 1. The minimum Gasteiger partial charge on any atom is -0.505 e. The number of phenols is 1. The van der Waals surface area contributed by atoms with Crippen molar-refractivity contribution in [2.75, 3.05) is 0 Å². The van der Waals surface area contributed by atoms with Gasteiger partial charge in [0.1, 0.15) is 11.6 Å². The number of aromatic hydroxyl groups is 1. The van der Waals surface area contributed by atoms with Crippen LogP contribution in [0.4, 0.5) is 17.3 Å². The van der Waals surface area contributed by atoms with Gasteiger partial charge in [0.25, 0.3) is 0 Å². The first-order valence-electron chi connectivity index (χ1n) is 3.10. The molecule has 1 N–H and O–H groups in total. The zero-order valence-electron chi connectivity index (χ0n) is 6.77. The summed E-state index contributed by atoms with van der Waals surface area (Å²) >= 11 is 0. The van der Waals surface area contributed by atoms with Crippen LogP contribution in [-0.2, 0) is 0 Å². The Labute approximate surface area is 115 Å². The predicted octanol–water partition coefficient (Wildman–Crippen LogP) is -1.41. The van der Waals surface area contributed by atoms with Gasteiger partial charge in [-0.1, -0.05) is 17.6 Å². The van der Waals surface area contributed by atoms with Crippen molar-refractivity contribution in [1.29, 1.82) is 0 Å². The smallest absolute Gasteiger partial charge is 0.505 e. The van der Waals surface area contributed by atoms with E-state index in [0.717, 1.165) is 12.1 Å². The van der Waals surface area contributed by atoms with Gasteiger partial charge in [0.05, 0.1) is 0 Å². The average molecular weight is 218 g/mol. The Bertz CT molecular complexity index is 301.